The van der Waals surface area contributed by atoms with Gasteiger partial charge in [0, 0.05) is 36.2 Å². The molecule has 1 amide bonds. The van der Waals surface area contributed by atoms with Crippen molar-refractivity contribution in [3.8, 4) is 11.3 Å². The Morgan fingerprint density at radius 3 is 2.30 bits per heavy atom. The number of hydrogen-bond donors (Lipinski definition) is 2. The molecule has 3 N–H and O–H groups in total. The minimum Gasteiger partial charge on any atom is -0.450 e. The van der Waals surface area contributed by atoms with E-state index in [1.165, 1.54) is 0 Å². The van der Waals surface area contributed by atoms with Gasteiger partial charge in [-0.05, 0) is 26.0 Å². The van der Waals surface area contributed by atoms with E-state index >= 15 is 0 Å². The standard InChI is InChI=1S/C19H20N4O4/c1-9-15(22-16(18(20)24)10(2)21-9)11-3-5-12(6-4-11)23-7-13-14(8-23)17(13)27-19(25)26/h3-6,13-14,17H,7-8H2,1-2H3,(H2,20,24)(H,25,26)/t13-,14+,17-. The Balaban J connectivity index is 1.50. The molecule has 1 saturated carbocycles. The molecule has 27 heavy (non-hydrogen) atoms. The minimum atomic E-state index is -1.20. The van der Waals surface area contributed by atoms with E-state index < -0.39 is 12.1 Å². The fraction of sp³-hybridized carbons (Fsp3) is 0.368. The van der Waals surface area contributed by atoms with Crippen LogP contribution in [0.25, 0.3) is 11.3 Å². The maximum absolute atomic E-state index is 11.5. The summed E-state index contributed by atoms with van der Waals surface area (Å²) in [4.78, 5) is 33.2. The van der Waals surface area contributed by atoms with Crippen molar-refractivity contribution in [1.82, 2.24) is 9.97 Å². The monoisotopic (exact) mass is 368 g/mol. The Morgan fingerprint density at radius 1 is 1.11 bits per heavy atom. The Hall–Kier alpha value is -3.16. The van der Waals surface area contributed by atoms with E-state index in [0.29, 0.717) is 11.4 Å². The van der Waals surface area contributed by atoms with Gasteiger partial charge < -0.3 is 20.5 Å². The molecule has 8 heteroatoms. The van der Waals surface area contributed by atoms with Crippen molar-refractivity contribution in [2.24, 2.45) is 17.6 Å². The van der Waals surface area contributed by atoms with E-state index in [1.54, 1.807) is 6.92 Å². The molecule has 2 fully saturated rings. The topological polar surface area (TPSA) is 119 Å². The molecule has 4 rings (SSSR count). The molecule has 1 aromatic carbocycles. The van der Waals surface area contributed by atoms with E-state index in [9.17, 15) is 9.59 Å². The number of nitrogens with zero attached hydrogens (tertiary/aromatic N) is 3. The van der Waals surface area contributed by atoms with Gasteiger partial charge in [-0.3, -0.25) is 9.78 Å². The van der Waals surface area contributed by atoms with E-state index in [0.717, 1.165) is 30.0 Å². The highest BCUT2D eigenvalue weighted by atomic mass is 16.7. The van der Waals surface area contributed by atoms with Gasteiger partial charge in [0.05, 0.1) is 17.1 Å². The van der Waals surface area contributed by atoms with Gasteiger partial charge in [0.2, 0.25) is 0 Å². The summed E-state index contributed by atoms with van der Waals surface area (Å²) < 4.78 is 4.88. The van der Waals surface area contributed by atoms with Gasteiger partial charge in [-0.2, -0.15) is 0 Å². The van der Waals surface area contributed by atoms with Crippen molar-refractivity contribution in [2.45, 2.75) is 20.0 Å². The molecule has 0 spiro atoms. The fourth-order valence-corrected chi connectivity index (χ4v) is 3.94. The zero-order valence-corrected chi connectivity index (χ0v) is 15.0. The molecular formula is C19H20N4O4. The highest BCUT2D eigenvalue weighted by molar-refractivity contribution is 5.92. The lowest BCUT2D eigenvalue weighted by Gasteiger charge is -2.22. The molecule has 3 atom stereocenters. The molecule has 2 aromatic rings. The lowest BCUT2D eigenvalue weighted by Crippen LogP contribution is -2.26. The first-order valence-corrected chi connectivity index (χ1v) is 8.75. The number of primary amides is 1. The lowest BCUT2D eigenvalue weighted by atomic mass is 10.1. The summed E-state index contributed by atoms with van der Waals surface area (Å²) in [5.41, 5.74) is 9.39. The van der Waals surface area contributed by atoms with Crippen LogP contribution in [0.15, 0.2) is 24.3 Å². The number of aromatic nitrogens is 2. The highest BCUT2D eigenvalue weighted by Crippen LogP contribution is 2.49. The first-order valence-electron chi connectivity index (χ1n) is 8.75. The summed E-state index contributed by atoms with van der Waals surface area (Å²) in [7, 11) is 0. The number of piperidine rings is 1. The lowest BCUT2D eigenvalue weighted by molar-refractivity contribution is 0.0757. The van der Waals surface area contributed by atoms with Gasteiger partial charge in [0.25, 0.3) is 5.91 Å². The Morgan fingerprint density at radius 2 is 1.74 bits per heavy atom. The number of carboxylic acid groups (broad SMARTS) is 1. The smallest absolute Gasteiger partial charge is 0.450 e. The summed E-state index contributed by atoms with van der Waals surface area (Å²) in [6, 6.07) is 7.89. The van der Waals surface area contributed by atoms with Crippen molar-refractivity contribution in [1.29, 1.82) is 0 Å². The summed E-state index contributed by atoms with van der Waals surface area (Å²) in [5.74, 6) is -0.0273. The van der Waals surface area contributed by atoms with Crippen molar-refractivity contribution in [2.75, 3.05) is 18.0 Å². The molecule has 1 saturated heterocycles. The number of hydrogen-bond acceptors (Lipinski definition) is 6. The SMILES string of the molecule is Cc1nc(C)c(-c2ccc(N3C[C@@H]4[C@H](C3)[C@@H]4OC(=O)O)cc2)nc1C(N)=O. The number of rotatable bonds is 4. The largest absolute Gasteiger partial charge is 0.506 e. The number of nitrogens with two attached hydrogens (primary N) is 1. The molecule has 2 heterocycles. The van der Waals surface area contributed by atoms with Gasteiger partial charge in [0.1, 0.15) is 11.8 Å². The second-order valence-electron chi connectivity index (χ2n) is 7.08. The molecule has 0 unspecified atom stereocenters. The third-order valence-corrected chi connectivity index (χ3v) is 5.34. The van der Waals surface area contributed by atoms with Crippen LogP contribution in [0.5, 0.6) is 0 Å². The molecule has 1 aromatic heterocycles. The first kappa shape index (κ1) is 17.3. The number of benzene rings is 1. The molecule has 0 bridgehead atoms. The van der Waals surface area contributed by atoms with Gasteiger partial charge in [0.15, 0.2) is 0 Å². The molecule has 1 aliphatic carbocycles. The highest BCUT2D eigenvalue weighted by Gasteiger charge is 2.58. The number of ether oxygens (including phenoxy) is 1. The van der Waals surface area contributed by atoms with Crippen molar-refractivity contribution < 1.29 is 19.4 Å². The predicted molar refractivity (Wildman–Crippen MR) is 97.6 cm³/mol. The number of carbonyl (C=O) groups is 2. The second-order valence-corrected chi connectivity index (χ2v) is 7.08. The Labute approximate surface area is 156 Å². The number of fused-ring (bicyclic) bond motifs is 1. The van der Waals surface area contributed by atoms with Gasteiger partial charge in [-0.1, -0.05) is 12.1 Å². The zero-order chi connectivity index (χ0) is 19.3. The van der Waals surface area contributed by atoms with Crippen LogP contribution in [-0.2, 0) is 4.74 Å². The van der Waals surface area contributed by atoms with Crippen molar-refractivity contribution in [3.63, 3.8) is 0 Å². The Bertz CT molecular complexity index is 916. The fourth-order valence-electron chi connectivity index (χ4n) is 3.94. The number of amides is 1. The molecule has 8 nitrogen and oxygen atoms in total. The van der Waals surface area contributed by atoms with Crippen molar-refractivity contribution >= 4 is 17.7 Å². The van der Waals surface area contributed by atoms with Crippen molar-refractivity contribution in [3.05, 3.63) is 41.3 Å². The maximum atomic E-state index is 11.5. The maximum Gasteiger partial charge on any atom is 0.506 e. The summed E-state index contributed by atoms with van der Waals surface area (Å²) >= 11 is 0. The summed E-state index contributed by atoms with van der Waals surface area (Å²) in [5, 5.41) is 8.72. The third kappa shape index (κ3) is 3.07. The average Bonchev–Trinajstić information content (AvgIpc) is 3.03. The van der Waals surface area contributed by atoms with Gasteiger partial charge in [-0.25, -0.2) is 9.78 Å². The number of anilines is 1. The van der Waals surface area contributed by atoms with Gasteiger partial charge in [-0.15, -0.1) is 0 Å². The second kappa shape index (κ2) is 6.22. The molecule has 1 aliphatic heterocycles. The van der Waals surface area contributed by atoms with Crippen LogP contribution in [0.3, 0.4) is 0 Å². The predicted octanol–water partition coefficient (Wildman–Crippen LogP) is 1.99. The number of aryl methyl sites for hydroxylation is 2. The van der Waals surface area contributed by atoms with Crippen LogP contribution >= 0.6 is 0 Å². The third-order valence-electron chi connectivity index (χ3n) is 5.34. The van der Waals surface area contributed by atoms with Crippen LogP contribution in [0.2, 0.25) is 0 Å². The van der Waals surface area contributed by atoms with Crippen LogP contribution in [-0.4, -0.2) is 46.3 Å². The van der Waals surface area contributed by atoms with Crippen LogP contribution in [0.1, 0.15) is 21.9 Å². The quantitative estimate of drug-likeness (QED) is 0.792. The Kier molecular flexibility index (Phi) is 3.98. The molecule has 0 radical (unpaired) electrons. The van der Waals surface area contributed by atoms with Crippen LogP contribution < -0.4 is 10.6 Å². The molecule has 140 valence electrons. The minimum absolute atomic E-state index is 0.157. The average molecular weight is 368 g/mol. The van der Waals surface area contributed by atoms with E-state index in [4.69, 9.17) is 15.6 Å². The molecular weight excluding hydrogens is 348 g/mol. The van der Waals surface area contributed by atoms with E-state index in [1.807, 2.05) is 31.2 Å². The van der Waals surface area contributed by atoms with E-state index in [-0.39, 0.29) is 23.6 Å². The van der Waals surface area contributed by atoms with Gasteiger partial charge >= 0.3 is 6.16 Å². The normalized spacial score (nSPS) is 23.0. The van der Waals surface area contributed by atoms with Crippen LogP contribution in [0.4, 0.5) is 10.5 Å². The summed E-state index contributed by atoms with van der Waals surface area (Å²) in [6.07, 6.45) is -1.36. The van der Waals surface area contributed by atoms with Crippen LogP contribution in [0, 0.1) is 25.7 Å². The van der Waals surface area contributed by atoms with E-state index in [2.05, 4.69) is 14.9 Å². The first-order chi connectivity index (χ1) is 12.8. The number of carbonyl (C=O) groups excluding carboxylic acids is 1. The summed E-state index contributed by atoms with van der Waals surface area (Å²) in [6.45, 7) is 5.14. The molecule has 2 aliphatic rings. The zero-order valence-electron chi connectivity index (χ0n) is 15.0.